The van der Waals surface area contributed by atoms with Crippen molar-refractivity contribution in [1.82, 2.24) is 4.90 Å². The van der Waals surface area contributed by atoms with Crippen molar-refractivity contribution in [3.05, 3.63) is 25.3 Å². The highest BCUT2D eigenvalue weighted by molar-refractivity contribution is 4.90. The van der Waals surface area contributed by atoms with Gasteiger partial charge in [-0.25, -0.2) is 0 Å². The van der Waals surface area contributed by atoms with E-state index in [0.717, 1.165) is 25.6 Å². The van der Waals surface area contributed by atoms with E-state index in [1.54, 1.807) is 0 Å². The second-order valence-corrected chi connectivity index (χ2v) is 7.10. The van der Waals surface area contributed by atoms with E-state index < -0.39 is 0 Å². The number of hydrogen-bond acceptors (Lipinski definition) is 2. The average molecular weight is 264 g/mol. The number of nitrogens with zero attached hydrogens (tertiary/aromatic N) is 1. The van der Waals surface area contributed by atoms with Gasteiger partial charge in [0, 0.05) is 25.7 Å². The van der Waals surface area contributed by atoms with Gasteiger partial charge in [0.25, 0.3) is 0 Å². The van der Waals surface area contributed by atoms with Crippen LogP contribution in [0.4, 0.5) is 0 Å². The SMILES string of the molecule is C=CCN(CC=C)CC1CC(C(C)(C)C)CCC1N. The second kappa shape index (κ2) is 7.25. The van der Waals surface area contributed by atoms with E-state index in [9.17, 15) is 0 Å². The molecule has 1 fully saturated rings. The molecule has 0 saturated heterocycles. The van der Waals surface area contributed by atoms with Crippen molar-refractivity contribution in [3.8, 4) is 0 Å². The lowest BCUT2D eigenvalue weighted by Crippen LogP contribution is -2.45. The summed E-state index contributed by atoms with van der Waals surface area (Å²) in [6.45, 7) is 17.7. The molecule has 1 saturated carbocycles. The van der Waals surface area contributed by atoms with E-state index in [2.05, 4.69) is 38.8 Å². The average Bonchev–Trinajstić information content (AvgIpc) is 2.31. The minimum absolute atomic E-state index is 0.357. The van der Waals surface area contributed by atoms with Crippen LogP contribution in [0.1, 0.15) is 40.0 Å². The Hall–Kier alpha value is -0.600. The Morgan fingerprint density at radius 1 is 1.16 bits per heavy atom. The van der Waals surface area contributed by atoms with Crippen LogP contribution in [0.15, 0.2) is 25.3 Å². The summed E-state index contributed by atoms with van der Waals surface area (Å²) in [6, 6.07) is 0.357. The van der Waals surface area contributed by atoms with Gasteiger partial charge in [0.05, 0.1) is 0 Å². The summed E-state index contributed by atoms with van der Waals surface area (Å²) in [5.74, 6) is 1.41. The molecule has 2 nitrogen and oxygen atoms in total. The predicted octanol–water partition coefficient (Wildman–Crippen LogP) is 3.45. The second-order valence-electron chi connectivity index (χ2n) is 7.10. The van der Waals surface area contributed by atoms with Crippen molar-refractivity contribution in [1.29, 1.82) is 0 Å². The van der Waals surface area contributed by atoms with E-state index in [1.165, 1.54) is 19.3 Å². The van der Waals surface area contributed by atoms with Crippen molar-refractivity contribution in [3.63, 3.8) is 0 Å². The summed E-state index contributed by atoms with van der Waals surface area (Å²) in [5.41, 5.74) is 6.75. The van der Waals surface area contributed by atoms with Crippen LogP contribution in [0.2, 0.25) is 0 Å². The van der Waals surface area contributed by atoms with Crippen molar-refractivity contribution < 1.29 is 0 Å². The largest absolute Gasteiger partial charge is 0.327 e. The van der Waals surface area contributed by atoms with Gasteiger partial charge in [0.2, 0.25) is 0 Å². The highest BCUT2D eigenvalue weighted by Crippen LogP contribution is 2.40. The third-order valence-electron chi connectivity index (χ3n) is 4.53. The zero-order chi connectivity index (χ0) is 14.5. The third-order valence-corrected chi connectivity index (χ3v) is 4.53. The van der Waals surface area contributed by atoms with Gasteiger partial charge in [0.15, 0.2) is 0 Å². The number of hydrogen-bond donors (Lipinski definition) is 1. The summed E-state index contributed by atoms with van der Waals surface area (Å²) < 4.78 is 0. The van der Waals surface area contributed by atoms with E-state index in [1.807, 2.05) is 12.2 Å². The van der Waals surface area contributed by atoms with Gasteiger partial charge in [0.1, 0.15) is 0 Å². The molecule has 0 aromatic rings. The Kier molecular flexibility index (Phi) is 6.28. The van der Waals surface area contributed by atoms with Crippen LogP contribution in [0, 0.1) is 17.3 Å². The van der Waals surface area contributed by atoms with Crippen LogP contribution >= 0.6 is 0 Å². The van der Waals surface area contributed by atoms with Gasteiger partial charge >= 0.3 is 0 Å². The molecule has 2 heteroatoms. The Bertz CT molecular complexity index is 280. The fourth-order valence-corrected chi connectivity index (χ4v) is 3.20. The minimum Gasteiger partial charge on any atom is -0.327 e. The smallest absolute Gasteiger partial charge is 0.0164 e. The molecule has 0 spiro atoms. The molecule has 0 heterocycles. The van der Waals surface area contributed by atoms with Gasteiger partial charge in [-0.3, -0.25) is 4.90 Å². The lowest BCUT2D eigenvalue weighted by molar-refractivity contribution is 0.105. The van der Waals surface area contributed by atoms with E-state index in [4.69, 9.17) is 5.73 Å². The molecular weight excluding hydrogens is 232 g/mol. The zero-order valence-corrected chi connectivity index (χ0v) is 13.1. The normalized spacial score (nSPS) is 28.4. The van der Waals surface area contributed by atoms with Crippen molar-refractivity contribution in [2.75, 3.05) is 19.6 Å². The highest BCUT2D eigenvalue weighted by Gasteiger charge is 2.34. The lowest BCUT2D eigenvalue weighted by Gasteiger charge is -2.42. The summed E-state index contributed by atoms with van der Waals surface area (Å²) >= 11 is 0. The van der Waals surface area contributed by atoms with Crippen LogP contribution in [0.5, 0.6) is 0 Å². The first-order chi connectivity index (χ1) is 8.88. The molecule has 0 aliphatic heterocycles. The molecule has 1 aliphatic carbocycles. The topological polar surface area (TPSA) is 29.3 Å². The zero-order valence-electron chi connectivity index (χ0n) is 13.1. The van der Waals surface area contributed by atoms with Gasteiger partial charge in [-0.2, -0.15) is 0 Å². The molecule has 0 bridgehead atoms. The number of nitrogens with two attached hydrogens (primary N) is 1. The van der Waals surface area contributed by atoms with Crippen molar-refractivity contribution in [2.45, 2.75) is 46.1 Å². The first-order valence-corrected chi connectivity index (χ1v) is 7.58. The van der Waals surface area contributed by atoms with Gasteiger partial charge in [-0.15, -0.1) is 13.2 Å². The van der Waals surface area contributed by atoms with E-state index in [-0.39, 0.29) is 0 Å². The molecular formula is C17H32N2. The van der Waals surface area contributed by atoms with Crippen LogP contribution in [0.25, 0.3) is 0 Å². The third kappa shape index (κ3) is 5.12. The molecule has 1 aliphatic rings. The molecule has 2 N–H and O–H groups in total. The fourth-order valence-electron chi connectivity index (χ4n) is 3.20. The summed E-state index contributed by atoms with van der Waals surface area (Å²) in [4.78, 5) is 2.40. The molecule has 0 aromatic carbocycles. The van der Waals surface area contributed by atoms with E-state index >= 15 is 0 Å². The van der Waals surface area contributed by atoms with Crippen LogP contribution in [0.3, 0.4) is 0 Å². The summed E-state index contributed by atoms with van der Waals surface area (Å²) in [7, 11) is 0. The molecule has 0 amide bonds. The number of rotatable bonds is 6. The molecule has 1 rings (SSSR count). The monoisotopic (exact) mass is 264 g/mol. The molecule has 110 valence electrons. The van der Waals surface area contributed by atoms with Crippen molar-refractivity contribution >= 4 is 0 Å². The standard InChI is InChI=1S/C17H32N2/c1-6-10-19(11-7-2)13-14-12-15(17(3,4)5)8-9-16(14)18/h6-7,14-16H,1-2,8-13,18H2,3-5H3. The summed E-state index contributed by atoms with van der Waals surface area (Å²) in [6.07, 6.45) is 7.65. The molecule has 3 atom stereocenters. The Morgan fingerprint density at radius 3 is 2.21 bits per heavy atom. The maximum absolute atomic E-state index is 6.35. The first-order valence-electron chi connectivity index (χ1n) is 7.58. The lowest BCUT2D eigenvalue weighted by atomic mass is 9.67. The quantitative estimate of drug-likeness (QED) is 0.745. The van der Waals surface area contributed by atoms with Crippen LogP contribution < -0.4 is 5.73 Å². The molecule has 0 radical (unpaired) electrons. The fraction of sp³-hybridized carbons (Fsp3) is 0.765. The maximum atomic E-state index is 6.35. The Labute approximate surface area is 119 Å². The van der Waals surface area contributed by atoms with Gasteiger partial charge in [-0.05, 0) is 36.5 Å². The van der Waals surface area contributed by atoms with Crippen LogP contribution in [-0.2, 0) is 0 Å². The maximum Gasteiger partial charge on any atom is 0.0164 e. The van der Waals surface area contributed by atoms with Gasteiger partial charge < -0.3 is 5.73 Å². The molecule has 3 unspecified atom stereocenters. The molecule has 0 aromatic heterocycles. The summed E-state index contributed by atoms with van der Waals surface area (Å²) in [5, 5.41) is 0. The van der Waals surface area contributed by atoms with Gasteiger partial charge in [-0.1, -0.05) is 32.9 Å². The predicted molar refractivity (Wildman–Crippen MR) is 85.1 cm³/mol. The molecule has 19 heavy (non-hydrogen) atoms. The van der Waals surface area contributed by atoms with Crippen LogP contribution in [-0.4, -0.2) is 30.6 Å². The van der Waals surface area contributed by atoms with E-state index in [0.29, 0.717) is 17.4 Å². The van der Waals surface area contributed by atoms with Crippen molar-refractivity contribution in [2.24, 2.45) is 23.0 Å². The minimum atomic E-state index is 0.357. The first kappa shape index (κ1) is 16.5. The Balaban J connectivity index is 2.62. The Morgan fingerprint density at radius 2 is 1.74 bits per heavy atom. The highest BCUT2D eigenvalue weighted by atomic mass is 15.1.